The van der Waals surface area contributed by atoms with Gasteiger partial charge in [-0.05, 0) is 32.8 Å². The van der Waals surface area contributed by atoms with E-state index < -0.39 is 5.97 Å². The molecule has 21 heavy (non-hydrogen) atoms. The number of aromatic nitrogens is 2. The number of aliphatic carboxylic acids is 1. The standard InChI is InChI=1S/C15H23N3O3/c1-4-21-12-7-9-18(10-8-12)15-13(5-6-14(19)20)11(2)16-17(15)3/h5-6,12H,4,7-10H2,1-3H3,(H,19,20). The molecule has 2 rings (SSSR count). The zero-order valence-corrected chi connectivity index (χ0v) is 12.9. The highest BCUT2D eigenvalue weighted by molar-refractivity contribution is 5.87. The van der Waals surface area contributed by atoms with Gasteiger partial charge in [0.1, 0.15) is 5.82 Å². The van der Waals surface area contributed by atoms with Crippen LogP contribution in [0.5, 0.6) is 0 Å². The number of aryl methyl sites for hydroxylation is 2. The molecule has 6 nitrogen and oxygen atoms in total. The number of anilines is 1. The van der Waals surface area contributed by atoms with Crippen molar-refractivity contribution >= 4 is 17.9 Å². The Labute approximate surface area is 125 Å². The van der Waals surface area contributed by atoms with E-state index in [0.29, 0.717) is 6.10 Å². The summed E-state index contributed by atoms with van der Waals surface area (Å²) in [5.74, 6) is 0.0409. The number of carbonyl (C=O) groups is 1. The third-order valence-electron chi connectivity index (χ3n) is 3.77. The van der Waals surface area contributed by atoms with Crippen molar-refractivity contribution in [2.75, 3.05) is 24.6 Å². The lowest BCUT2D eigenvalue weighted by molar-refractivity contribution is -0.131. The molecule has 0 amide bonds. The van der Waals surface area contributed by atoms with E-state index in [9.17, 15) is 4.79 Å². The number of piperidine rings is 1. The SMILES string of the molecule is CCOC1CCN(c2c(C=CC(=O)O)c(C)nn2C)CC1. The van der Waals surface area contributed by atoms with Crippen LogP contribution >= 0.6 is 0 Å². The lowest BCUT2D eigenvalue weighted by atomic mass is 10.1. The highest BCUT2D eigenvalue weighted by Crippen LogP contribution is 2.28. The van der Waals surface area contributed by atoms with Crippen LogP contribution in [0.3, 0.4) is 0 Å². The Morgan fingerprint density at radius 3 is 2.71 bits per heavy atom. The summed E-state index contributed by atoms with van der Waals surface area (Å²) in [6.45, 7) is 6.47. The van der Waals surface area contributed by atoms with Gasteiger partial charge in [0, 0.05) is 38.4 Å². The van der Waals surface area contributed by atoms with Crippen molar-refractivity contribution in [1.82, 2.24) is 9.78 Å². The Bertz CT molecular complexity index is 529. The van der Waals surface area contributed by atoms with Crippen molar-refractivity contribution in [3.63, 3.8) is 0 Å². The predicted octanol–water partition coefficient (Wildman–Crippen LogP) is 1.83. The first-order valence-electron chi connectivity index (χ1n) is 7.34. The van der Waals surface area contributed by atoms with Gasteiger partial charge in [0.15, 0.2) is 0 Å². The van der Waals surface area contributed by atoms with E-state index in [1.807, 2.05) is 25.6 Å². The molecule has 6 heteroatoms. The number of ether oxygens (including phenoxy) is 1. The van der Waals surface area contributed by atoms with Gasteiger partial charge in [-0.1, -0.05) is 0 Å². The fourth-order valence-corrected chi connectivity index (χ4v) is 2.86. The maximum Gasteiger partial charge on any atom is 0.328 e. The summed E-state index contributed by atoms with van der Waals surface area (Å²) in [6.07, 6.45) is 5.11. The van der Waals surface area contributed by atoms with E-state index in [0.717, 1.165) is 49.6 Å². The van der Waals surface area contributed by atoms with Crippen LogP contribution in [0.25, 0.3) is 6.08 Å². The minimum atomic E-state index is -0.945. The lowest BCUT2D eigenvalue weighted by Gasteiger charge is -2.33. The molecule has 1 aromatic rings. The summed E-state index contributed by atoms with van der Waals surface area (Å²) < 4.78 is 7.50. The van der Waals surface area contributed by atoms with Crippen molar-refractivity contribution < 1.29 is 14.6 Å². The van der Waals surface area contributed by atoms with Crippen LogP contribution in [0.15, 0.2) is 6.08 Å². The Balaban J connectivity index is 2.18. The van der Waals surface area contributed by atoms with Crippen LogP contribution in [0, 0.1) is 6.92 Å². The summed E-state index contributed by atoms with van der Waals surface area (Å²) in [6, 6.07) is 0. The lowest BCUT2D eigenvalue weighted by Crippen LogP contribution is -2.38. The Morgan fingerprint density at radius 2 is 2.14 bits per heavy atom. The molecule has 0 saturated carbocycles. The molecule has 0 aliphatic carbocycles. The molecular weight excluding hydrogens is 270 g/mol. The van der Waals surface area contributed by atoms with E-state index in [1.54, 1.807) is 6.08 Å². The summed E-state index contributed by atoms with van der Waals surface area (Å²) in [5.41, 5.74) is 1.73. The molecule has 1 fully saturated rings. The third kappa shape index (κ3) is 3.64. The second kappa shape index (κ2) is 6.76. The first-order valence-corrected chi connectivity index (χ1v) is 7.34. The van der Waals surface area contributed by atoms with Gasteiger partial charge in [0.2, 0.25) is 0 Å². The molecule has 0 atom stereocenters. The van der Waals surface area contributed by atoms with Crippen LogP contribution in [-0.4, -0.2) is 46.7 Å². The number of carboxylic acid groups (broad SMARTS) is 1. The number of hydrogen-bond acceptors (Lipinski definition) is 4. The van der Waals surface area contributed by atoms with Gasteiger partial charge in [-0.2, -0.15) is 5.10 Å². The van der Waals surface area contributed by atoms with E-state index in [2.05, 4.69) is 10.00 Å². The van der Waals surface area contributed by atoms with E-state index >= 15 is 0 Å². The molecule has 1 aliphatic rings. The third-order valence-corrected chi connectivity index (χ3v) is 3.77. The normalized spacial score (nSPS) is 16.8. The molecule has 116 valence electrons. The number of nitrogens with zero attached hydrogens (tertiary/aromatic N) is 3. The zero-order valence-electron chi connectivity index (χ0n) is 12.9. The van der Waals surface area contributed by atoms with Crippen molar-refractivity contribution in [2.45, 2.75) is 32.8 Å². The van der Waals surface area contributed by atoms with Gasteiger partial charge >= 0.3 is 5.97 Å². The first kappa shape index (κ1) is 15.6. The smallest absolute Gasteiger partial charge is 0.328 e. The van der Waals surface area contributed by atoms with E-state index in [-0.39, 0.29) is 0 Å². The second-order valence-corrected chi connectivity index (χ2v) is 5.26. The monoisotopic (exact) mass is 293 g/mol. The highest BCUT2D eigenvalue weighted by atomic mass is 16.5. The molecule has 0 unspecified atom stereocenters. The van der Waals surface area contributed by atoms with Gasteiger partial charge in [-0.3, -0.25) is 4.68 Å². The fraction of sp³-hybridized carbons (Fsp3) is 0.600. The summed E-state index contributed by atoms with van der Waals surface area (Å²) in [7, 11) is 1.90. The Morgan fingerprint density at radius 1 is 1.48 bits per heavy atom. The first-order chi connectivity index (χ1) is 10.0. The van der Waals surface area contributed by atoms with Crippen molar-refractivity contribution in [2.24, 2.45) is 7.05 Å². The molecule has 0 bridgehead atoms. The van der Waals surface area contributed by atoms with Crippen LogP contribution in [0.1, 0.15) is 31.0 Å². The molecular formula is C15H23N3O3. The van der Waals surface area contributed by atoms with Crippen LogP contribution in [-0.2, 0) is 16.6 Å². The zero-order chi connectivity index (χ0) is 15.4. The van der Waals surface area contributed by atoms with E-state index in [1.165, 1.54) is 6.08 Å². The highest BCUT2D eigenvalue weighted by Gasteiger charge is 2.24. The molecule has 1 saturated heterocycles. The minimum Gasteiger partial charge on any atom is -0.478 e. The predicted molar refractivity (Wildman–Crippen MR) is 81.5 cm³/mol. The average Bonchev–Trinajstić information content (AvgIpc) is 2.72. The van der Waals surface area contributed by atoms with Crippen molar-refractivity contribution in [3.05, 3.63) is 17.3 Å². The molecule has 2 heterocycles. The summed E-state index contributed by atoms with van der Waals surface area (Å²) >= 11 is 0. The quantitative estimate of drug-likeness (QED) is 0.839. The fourth-order valence-electron chi connectivity index (χ4n) is 2.86. The summed E-state index contributed by atoms with van der Waals surface area (Å²) in [4.78, 5) is 13.0. The molecule has 1 aliphatic heterocycles. The van der Waals surface area contributed by atoms with E-state index in [4.69, 9.17) is 9.84 Å². The Kier molecular flexibility index (Phi) is 5.01. The minimum absolute atomic E-state index is 0.332. The van der Waals surface area contributed by atoms with Crippen molar-refractivity contribution in [1.29, 1.82) is 0 Å². The maximum atomic E-state index is 10.7. The second-order valence-electron chi connectivity index (χ2n) is 5.26. The molecule has 0 aromatic carbocycles. The summed E-state index contributed by atoms with van der Waals surface area (Å²) in [5, 5.41) is 13.2. The number of rotatable bonds is 5. The molecule has 0 spiro atoms. The van der Waals surface area contributed by atoms with Gasteiger partial charge < -0.3 is 14.7 Å². The molecule has 1 aromatic heterocycles. The van der Waals surface area contributed by atoms with Crippen LogP contribution in [0.4, 0.5) is 5.82 Å². The van der Waals surface area contributed by atoms with Crippen LogP contribution < -0.4 is 4.90 Å². The maximum absolute atomic E-state index is 10.7. The Hall–Kier alpha value is -1.82. The number of hydrogen-bond donors (Lipinski definition) is 1. The van der Waals surface area contributed by atoms with Crippen molar-refractivity contribution in [3.8, 4) is 0 Å². The van der Waals surface area contributed by atoms with Crippen LogP contribution in [0.2, 0.25) is 0 Å². The van der Waals surface area contributed by atoms with Gasteiger partial charge in [-0.15, -0.1) is 0 Å². The average molecular weight is 293 g/mol. The van der Waals surface area contributed by atoms with Gasteiger partial charge in [0.25, 0.3) is 0 Å². The number of carboxylic acids is 1. The largest absolute Gasteiger partial charge is 0.478 e. The topological polar surface area (TPSA) is 67.6 Å². The van der Waals surface area contributed by atoms with Gasteiger partial charge in [0.05, 0.1) is 11.8 Å². The molecule has 0 radical (unpaired) electrons. The van der Waals surface area contributed by atoms with Gasteiger partial charge in [-0.25, -0.2) is 4.79 Å². The molecule has 1 N–H and O–H groups in total.